The molecule has 0 spiro atoms. The van der Waals surface area contributed by atoms with Crippen molar-refractivity contribution < 1.29 is 30.3 Å². The normalized spacial score (nSPS) is 28.3. The van der Waals surface area contributed by atoms with E-state index in [0.717, 1.165) is 25.7 Å². The third-order valence-corrected chi connectivity index (χ3v) is 6.85. The number of unbranched alkanes of at least 4 members (excludes halogenated alkanes) is 16. The number of rotatable bonds is 20. The Morgan fingerprint density at radius 1 is 0.594 bits per heavy atom. The number of aliphatic hydroxyl groups is 5. The van der Waals surface area contributed by atoms with Gasteiger partial charge in [0.05, 0.1) is 12.6 Å². The van der Waals surface area contributed by atoms with Crippen LogP contribution in [0.1, 0.15) is 116 Å². The van der Waals surface area contributed by atoms with Gasteiger partial charge in [-0.05, 0) is 12.8 Å². The lowest BCUT2D eigenvalue weighted by molar-refractivity contribution is -0.316. The van der Waals surface area contributed by atoms with Crippen LogP contribution in [0.5, 0.6) is 0 Å². The molecule has 1 aliphatic rings. The van der Waals surface area contributed by atoms with Crippen LogP contribution in [-0.2, 0) is 4.74 Å². The van der Waals surface area contributed by atoms with Gasteiger partial charge >= 0.3 is 0 Å². The molecule has 0 saturated carbocycles. The van der Waals surface area contributed by atoms with Crippen LogP contribution in [0.3, 0.4) is 0 Å². The number of hydrogen-bond donors (Lipinski definition) is 6. The average molecular weight is 462 g/mol. The number of hydrogen-bond acceptors (Lipinski definition) is 7. The van der Waals surface area contributed by atoms with Crippen LogP contribution in [0.2, 0.25) is 0 Å². The van der Waals surface area contributed by atoms with Crippen molar-refractivity contribution in [2.75, 3.05) is 13.2 Å². The third-order valence-electron chi connectivity index (χ3n) is 6.85. The van der Waals surface area contributed by atoms with Gasteiger partial charge < -0.3 is 36.0 Å². The van der Waals surface area contributed by atoms with Crippen LogP contribution in [0, 0.1) is 0 Å². The summed E-state index contributed by atoms with van der Waals surface area (Å²) >= 11 is 0. The van der Waals surface area contributed by atoms with Gasteiger partial charge in [-0.25, -0.2) is 0 Å². The van der Waals surface area contributed by atoms with Crippen molar-refractivity contribution in [2.45, 2.75) is 146 Å². The molecule has 0 aromatic heterocycles. The molecule has 1 aliphatic heterocycles. The maximum atomic E-state index is 10.6. The van der Waals surface area contributed by atoms with Crippen molar-refractivity contribution in [3.8, 4) is 0 Å². The molecule has 32 heavy (non-hydrogen) atoms. The molecule has 5 atom stereocenters. The second-order valence-electron chi connectivity index (χ2n) is 9.67. The summed E-state index contributed by atoms with van der Waals surface area (Å²) in [6, 6.07) is -1.09. The van der Waals surface area contributed by atoms with E-state index in [-0.39, 0.29) is 6.42 Å². The molecule has 1 fully saturated rings. The Bertz CT molecular complexity index is 439. The fraction of sp³-hybridized carbons (Fsp3) is 1.00. The van der Waals surface area contributed by atoms with Crippen molar-refractivity contribution in [1.29, 1.82) is 0 Å². The molecule has 0 radical (unpaired) electrons. The van der Waals surface area contributed by atoms with E-state index in [4.69, 9.17) is 15.6 Å². The highest BCUT2D eigenvalue weighted by molar-refractivity contribution is 4.98. The van der Waals surface area contributed by atoms with E-state index in [9.17, 15) is 20.4 Å². The summed E-state index contributed by atoms with van der Waals surface area (Å²) in [4.78, 5) is 0. The zero-order valence-corrected chi connectivity index (χ0v) is 20.2. The lowest BCUT2D eigenvalue weighted by atomic mass is 9.88. The smallest absolute Gasteiger partial charge is 0.184 e. The first-order valence-corrected chi connectivity index (χ1v) is 13.2. The van der Waals surface area contributed by atoms with Gasteiger partial charge in [0.1, 0.15) is 18.3 Å². The monoisotopic (exact) mass is 461 g/mol. The zero-order chi connectivity index (χ0) is 23.7. The van der Waals surface area contributed by atoms with Crippen LogP contribution >= 0.6 is 0 Å². The van der Waals surface area contributed by atoms with Gasteiger partial charge in [-0.15, -0.1) is 0 Å². The van der Waals surface area contributed by atoms with Crippen molar-refractivity contribution in [3.05, 3.63) is 0 Å². The summed E-state index contributed by atoms with van der Waals surface area (Å²) in [5.74, 6) is -1.70. The van der Waals surface area contributed by atoms with Crippen molar-refractivity contribution in [1.82, 2.24) is 0 Å². The van der Waals surface area contributed by atoms with Gasteiger partial charge in [0.2, 0.25) is 0 Å². The van der Waals surface area contributed by atoms with E-state index >= 15 is 0 Å². The van der Waals surface area contributed by atoms with E-state index in [0.29, 0.717) is 6.61 Å². The summed E-state index contributed by atoms with van der Waals surface area (Å²) in [6.45, 7) is -0.140. The highest BCUT2D eigenvalue weighted by Crippen LogP contribution is 2.31. The quantitative estimate of drug-likeness (QED) is 0.153. The molecule has 1 saturated heterocycles. The first-order chi connectivity index (χ1) is 15.5. The Labute approximate surface area is 195 Å². The first-order valence-electron chi connectivity index (χ1n) is 13.2. The Hall–Kier alpha value is -0.280. The molecule has 0 aliphatic carbocycles. The molecule has 1 unspecified atom stereocenters. The van der Waals surface area contributed by atoms with Gasteiger partial charge in [-0.2, -0.15) is 0 Å². The molecule has 1 heterocycles. The van der Waals surface area contributed by atoms with Crippen LogP contribution < -0.4 is 5.73 Å². The maximum Gasteiger partial charge on any atom is 0.184 e. The van der Waals surface area contributed by atoms with Crippen molar-refractivity contribution in [2.24, 2.45) is 5.73 Å². The molecule has 1 rings (SSSR count). The molecule has 0 aromatic carbocycles. The van der Waals surface area contributed by atoms with Crippen molar-refractivity contribution >= 4 is 0 Å². The number of nitrogens with two attached hydrogens (primary N) is 1. The second kappa shape index (κ2) is 18.1. The Morgan fingerprint density at radius 2 is 0.969 bits per heavy atom. The second-order valence-corrected chi connectivity index (χ2v) is 9.67. The zero-order valence-electron chi connectivity index (χ0n) is 20.2. The predicted octanol–water partition coefficient (Wildman–Crippen LogP) is 3.13. The summed E-state index contributed by atoms with van der Waals surface area (Å²) in [6.07, 6.45) is 17.3. The van der Waals surface area contributed by atoms with Gasteiger partial charge in [-0.3, -0.25) is 0 Å². The fourth-order valence-electron chi connectivity index (χ4n) is 4.62. The van der Waals surface area contributed by atoms with E-state index in [1.54, 1.807) is 0 Å². The Morgan fingerprint density at radius 3 is 1.34 bits per heavy atom. The van der Waals surface area contributed by atoms with Gasteiger partial charge in [0.25, 0.3) is 0 Å². The minimum absolute atomic E-state index is 0.289. The predicted molar refractivity (Wildman–Crippen MR) is 127 cm³/mol. The Kier molecular flexibility index (Phi) is 16.8. The number of ether oxygens (including phenoxy) is 1. The highest BCUT2D eigenvalue weighted by Gasteiger charge is 2.50. The largest absolute Gasteiger partial charge is 0.396 e. The molecule has 192 valence electrons. The maximum absolute atomic E-state index is 10.6. The van der Waals surface area contributed by atoms with Gasteiger partial charge in [0.15, 0.2) is 5.79 Å². The van der Waals surface area contributed by atoms with Crippen LogP contribution in [0.4, 0.5) is 0 Å². The number of aliphatic hydroxyl groups excluding tert-OH is 4. The standard InChI is InChI=1S/C25H51NO6/c26-24-23(30)22(29)21(20-28)32-25(24,31)18-16-14-12-10-8-6-4-2-1-3-5-7-9-11-13-15-17-19-27/h21-24,27-31H,1-20,26H2/t21-,22-,23+,24-,25?/m1/s1. The average Bonchev–Trinajstić information content (AvgIpc) is 2.79. The molecule has 7 N–H and O–H groups in total. The molecular weight excluding hydrogens is 410 g/mol. The van der Waals surface area contributed by atoms with Crippen LogP contribution in [-0.4, -0.2) is 68.9 Å². The minimum atomic E-state index is -1.70. The van der Waals surface area contributed by atoms with Crippen LogP contribution in [0.25, 0.3) is 0 Å². The lowest BCUT2D eigenvalue weighted by Gasteiger charge is -2.46. The summed E-state index contributed by atoms with van der Waals surface area (Å²) in [5.41, 5.74) is 5.87. The molecule has 0 bridgehead atoms. The minimum Gasteiger partial charge on any atom is -0.396 e. The van der Waals surface area contributed by atoms with Crippen molar-refractivity contribution in [3.63, 3.8) is 0 Å². The summed E-state index contributed by atoms with van der Waals surface area (Å²) < 4.78 is 5.41. The molecule has 7 heteroatoms. The lowest BCUT2D eigenvalue weighted by Crippen LogP contribution is -2.68. The fourth-order valence-corrected chi connectivity index (χ4v) is 4.62. The van der Waals surface area contributed by atoms with Crippen LogP contribution in [0.15, 0.2) is 0 Å². The molecular formula is C25H51NO6. The Balaban J connectivity index is 1.91. The van der Waals surface area contributed by atoms with Gasteiger partial charge in [-0.1, -0.05) is 96.3 Å². The molecule has 0 aromatic rings. The molecule has 7 nitrogen and oxygen atoms in total. The first kappa shape index (κ1) is 29.8. The van der Waals surface area contributed by atoms with Gasteiger partial charge in [0, 0.05) is 13.0 Å². The SMILES string of the molecule is N[C@@H]1[C@@H](O)[C@H](O)[C@@H](CO)OC1(O)CCCCCCCCCCCCCCCCCCCO. The summed E-state index contributed by atoms with van der Waals surface area (Å²) in [7, 11) is 0. The van der Waals surface area contributed by atoms with E-state index < -0.39 is 36.7 Å². The van der Waals surface area contributed by atoms with E-state index in [1.165, 1.54) is 83.5 Å². The highest BCUT2D eigenvalue weighted by atomic mass is 16.6. The third kappa shape index (κ3) is 11.7. The molecule has 0 amide bonds. The van der Waals surface area contributed by atoms with E-state index in [2.05, 4.69) is 0 Å². The summed E-state index contributed by atoms with van der Waals surface area (Å²) in [5, 5.41) is 48.5. The van der Waals surface area contributed by atoms with E-state index in [1.807, 2.05) is 0 Å². The topological polar surface area (TPSA) is 136 Å².